The van der Waals surface area contributed by atoms with E-state index >= 15 is 0 Å². The lowest BCUT2D eigenvalue weighted by atomic mass is 9.74. The molecule has 4 aliphatic heterocycles. The van der Waals surface area contributed by atoms with E-state index in [0.29, 0.717) is 12.2 Å². The zero-order chi connectivity index (χ0) is 30.5. The van der Waals surface area contributed by atoms with Gasteiger partial charge in [0.2, 0.25) is 11.8 Å². The van der Waals surface area contributed by atoms with Gasteiger partial charge in [-0.2, -0.15) is 0 Å². The summed E-state index contributed by atoms with van der Waals surface area (Å²) in [5.74, 6) is -2.68. The molecule has 6 atom stereocenters. The Balaban J connectivity index is 1.43. The Morgan fingerprint density at radius 1 is 0.860 bits per heavy atom. The number of hydrogen-bond donors (Lipinski definition) is 1. The van der Waals surface area contributed by atoms with E-state index in [4.69, 9.17) is 4.74 Å². The third-order valence-corrected chi connectivity index (χ3v) is 9.59. The molecule has 4 aliphatic rings. The van der Waals surface area contributed by atoms with Crippen LogP contribution in [0, 0.1) is 11.8 Å². The number of carbonyl (C=O) groups excluding carboxylic acids is 3. The predicted octanol–water partition coefficient (Wildman–Crippen LogP) is 3.39. The van der Waals surface area contributed by atoms with Crippen LogP contribution in [0.25, 0.3) is 0 Å². The molecule has 1 unspecified atom stereocenters. The van der Waals surface area contributed by atoms with E-state index in [-0.39, 0.29) is 30.9 Å². The van der Waals surface area contributed by atoms with E-state index in [0.717, 1.165) is 24.5 Å². The lowest BCUT2D eigenvalue weighted by Crippen LogP contribution is -2.58. The van der Waals surface area contributed by atoms with Gasteiger partial charge in [0.05, 0.1) is 30.1 Å². The summed E-state index contributed by atoms with van der Waals surface area (Å²) < 4.78 is 6.89. The molecule has 6 rings (SSSR count). The molecule has 9 nitrogen and oxygen atoms in total. The van der Waals surface area contributed by atoms with Crippen LogP contribution in [-0.2, 0) is 19.1 Å². The number of likely N-dealkylation sites (tertiary alicyclic amines) is 1. The number of para-hydroxylation sites is 1. The molecule has 3 amide bonds. The van der Waals surface area contributed by atoms with E-state index in [1.807, 2.05) is 85.8 Å². The zero-order valence-electron chi connectivity index (χ0n) is 25.2. The molecule has 1 N–H and O–H groups in total. The van der Waals surface area contributed by atoms with Crippen LogP contribution in [0.2, 0.25) is 0 Å². The molecule has 2 aromatic rings. The highest BCUT2D eigenvalue weighted by molar-refractivity contribution is 6.07. The SMILES string of the molecule is CCN(CC)c1ccc(N2CC=C[C@]34O[C@@]5(C)C=CCN(c6ccccc6)C(=O)[C@H]5[C@H]3C(=O)N([C@H](C)CO)C4C2=O)cc1. The molecule has 1 spiro atoms. The second-order valence-electron chi connectivity index (χ2n) is 12.0. The van der Waals surface area contributed by atoms with Gasteiger partial charge in [-0.15, -0.1) is 0 Å². The summed E-state index contributed by atoms with van der Waals surface area (Å²) in [5.41, 5.74) is 0.0117. The predicted molar refractivity (Wildman–Crippen MR) is 166 cm³/mol. The number of benzene rings is 2. The highest BCUT2D eigenvalue weighted by Crippen LogP contribution is 2.58. The Kier molecular flexibility index (Phi) is 7.42. The highest BCUT2D eigenvalue weighted by Gasteiger charge is 2.75. The number of nitrogens with zero attached hydrogens (tertiary/aromatic N) is 4. The Hall–Kier alpha value is -3.95. The van der Waals surface area contributed by atoms with E-state index in [9.17, 15) is 19.5 Å². The number of aliphatic hydroxyl groups is 1. The minimum atomic E-state index is -1.38. The average molecular weight is 585 g/mol. The van der Waals surface area contributed by atoms with Crippen molar-refractivity contribution in [2.45, 2.75) is 51.0 Å². The normalized spacial score (nSPS) is 30.6. The van der Waals surface area contributed by atoms with Gasteiger partial charge in [-0.25, -0.2) is 0 Å². The Morgan fingerprint density at radius 3 is 2.09 bits per heavy atom. The molecule has 0 radical (unpaired) electrons. The first-order chi connectivity index (χ1) is 20.7. The van der Waals surface area contributed by atoms with E-state index in [1.54, 1.807) is 16.7 Å². The number of fused-ring (bicyclic) bond motifs is 2. The molecule has 2 fully saturated rings. The third kappa shape index (κ3) is 4.40. The molecule has 0 saturated carbocycles. The van der Waals surface area contributed by atoms with Crippen LogP contribution in [0.1, 0.15) is 27.7 Å². The van der Waals surface area contributed by atoms with Gasteiger partial charge in [0, 0.05) is 43.2 Å². The van der Waals surface area contributed by atoms with Crippen LogP contribution in [0.5, 0.6) is 0 Å². The molecule has 4 heterocycles. The van der Waals surface area contributed by atoms with Crippen LogP contribution in [0.4, 0.5) is 17.1 Å². The van der Waals surface area contributed by atoms with Gasteiger partial charge in [0.15, 0.2) is 0 Å². The van der Waals surface area contributed by atoms with Crippen molar-refractivity contribution in [2.24, 2.45) is 11.8 Å². The Labute approximate surface area is 253 Å². The maximum atomic E-state index is 14.6. The van der Waals surface area contributed by atoms with Gasteiger partial charge in [0.25, 0.3) is 5.91 Å². The van der Waals surface area contributed by atoms with Crippen LogP contribution in [0.15, 0.2) is 78.9 Å². The number of hydrogen-bond acceptors (Lipinski definition) is 6. The standard InChI is InChI=1S/C34H40N4O5/c1-5-35(6-2)24-14-16-26(17-15-24)37-21-11-19-34-28(31(41)38(23(3)22-39)29(34)32(37)42)27-30(40)36(25-12-8-7-9-13-25)20-10-18-33(27,4)43-34/h7-19,23,27-29,39H,5-6,20-22H2,1-4H3/t23-,27-,28+,29?,33+,34+/m1/s1. The summed E-state index contributed by atoms with van der Waals surface area (Å²) in [7, 11) is 0. The molecule has 0 aliphatic carbocycles. The van der Waals surface area contributed by atoms with Crippen molar-refractivity contribution in [3.8, 4) is 0 Å². The first kappa shape index (κ1) is 29.1. The lowest BCUT2D eigenvalue weighted by Gasteiger charge is -2.39. The van der Waals surface area contributed by atoms with Crippen molar-refractivity contribution in [3.05, 3.63) is 78.9 Å². The summed E-state index contributed by atoms with van der Waals surface area (Å²) in [4.78, 5) is 50.5. The molecule has 0 aromatic heterocycles. The summed E-state index contributed by atoms with van der Waals surface area (Å²) >= 11 is 0. The van der Waals surface area contributed by atoms with Crippen LogP contribution in [0.3, 0.4) is 0 Å². The van der Waals surface area contributed by atoms with Crippen molar-refractivity contribution in [1.82, 2.24) is 4.90 Å². The second kappa shape index (κ2) is 11.0. The number of aliphatic hydroxyl groups excluding tert-OH is 1. The lowest BCUT2D eigenvalue weighted by molar-refractivity contribution is -0.147. The van der Waals surface area contributed by atoms with Gasteiger partial charge in [-0.3, -0.25) is 14.4 Å². The van der Waals surface area contributed by atoms with E-state index < -0.39 is 35.1 Å². The van der Waals surface area contributed by atoms with Gasteiger partial charge in [-0.1, -0.05) is 42.5 Å². The van der Waals surface area contributed by atoms with E-state index in [1.165, 1.54) is 4.90 Å². The quantitative estimate of drug-likeness (QED) is 0.502. The highest BCUT2D eigenvalue weighted by atomic mass is 16.5. The number of anilines is 3. The first-order valence-electron chi connectivity index (χ1n) is 15.2. The van der Waals surface area contributed by atoms with Gasteiger partial charge in [0.1, 0.15) is 11.6 Å². The second-order valence-corrected chi connectivity index (χ2v) is 12.0. The van der Waals surface area contributed by atoms with Crippen molar-refractivity contribution in [2.75, 3.05) is 47.5 Å². The largest absolute Gasteiger partial charge is 0.394 e. The van der Waals surface area contributed by atoms with Crippen LogP contribution >= 0.6 is 0 Å². The average Bonchev–Trinajstić information content (AvgIpc) is 3.29. The Morgan fingerprint density at radius 2 is 1.47 bits per heavy atom. The van der Waals surface area contributed by atoms with Crippen molar-refractivity contribution >= 4 is 34.8 Å². The maximum absolute atomic E-state index is 14.6. The van der Waals surface area contributed by atoms with Gasteiger partial charge in [-0.05, 0) is 64.1 Å². The first-order valence-corrected chi connectivity index (χ1v) is 15.2. The summed E-state index contributed by atoms with van der Waals surface area (Å²) in [6, 6.07) is 15.5. The number of ether oxygens (including phenoxy) is 1. The summed E-state index contributed by atoms with van der Waals surface area (Å²) in [5, 5.41) is 10.2. The third-order valence-electron chi connectivity index (χ3n) is 9.59. The molecule has 226 valence electrons. The fourth-order valence-electron chi connectivity index (χ4n) is 7.53. The number of carbonyl (C=O) groups is 3. The van der Waals surface area contributed by atoms with Crippen molar-refractivity contribution < 1.29 is 24.2 Å². The number of rotatable bonds is 7. The fourth-order valence-corrected chi connectivity index (χ4v) is 7.53. The molecule has 2 aromatic carbocycles. The smallest absolute Gasteiger partial charge is 0.253 e. The summed E-state index contributed by atoms with van der Waals surface area (Å²) in [6.07, 6.45) is 7.49. The van der Waals surface area contributed by atoms with Crippen molar-refractivity contribution in [1.29, 1.82) is 0 Å². The van der Waals surface area contributed by atoms with E-state index in [2.05, 4.69) is 18.7 Å². The minimum Gasteiger partial charge on any atom is -0.394 e. The molecular weight excluding hydrogens is 544 g/mol. The van der Waals surface area contributed by atoms with Crippen LogP contribution in [-0.4, -0.2) is 83.8 Å². The maximum Gasteiger partial charge on any atom is 0.253 e. The zero-order valence-corrected chi connectivity index (χ0v) is 25.2. The molecule has 2 saturated heterocycles. The minimum absolute atomic E-state index is 0.222. The topological polar surface area (TPSA) is 93.6 Å². The van der Waals surface area contributed by atoms with Crippen LogP contribution < -0.4 is 14.7 Å². The molecule has 9 heteroatoms. The van der Waals surface area contributed by atoms with Gasteiger partial charge < -0.3 is 29.4 Å². The fraction of sp³-hybridized carbons (Fsp3) is 0.441. The molecule has 43 heavy (non-hydrogen) atoms. The summed E-state index contributed by atoms with van der Waals surface area (Å²) in [6.45, 7) is 9.81. The monoisotopic (exact) mass is 584 g/mol. The Bertz CT molecular complexity index is 1450. The van der Waals surface area contributed by atoms with Gasteiger partial charge >= 0.3 is 0 Å². The molecular formula is C34H40N4O5. The molecule has 0 bridgehead atoms. The van der Waals surface area contributed by atoms with Crippen molar-refractivity contribution in [3.63, 3.8) is 0 Å². The number of amides is 3.